The van der Waals surface area contributed by atoms with Crippen LogP contribution in [0.25, 0.3) is 0 Å². The fourth-order valence-corrected chi connectivity index (χ4v) is 10.7. The zero-order valence-corrected chi connectivity index (χ0v) is 32.8. The molecule has 3 aliphatic carbocycles. The lowest BCUT2D eigenvalue weighted by Gasteiger charge is -2.57. The van der Waals surface area contributed by atoms with Gasteiger partial charge < -0.3 is 31.1 Å². The lowest BCUT2D eigenvalue weighted by atomic mass is 9.51. The molecule has 0 amide bonds. The maximum atomic E-state index is 12.5. The van der Waals surface area contributed by atoms with Crippen LogP contribution in [-0.4, -0.2) is 77.8 Å². The molecule has 0 radical (unpaired) electrons. The summed E-state index contributed by atoms with van der Waals surface area (Å²) in [5, 5.41) is 52.6. The number of allylic oxidation sites excluding steroid dienone is 7. The monoisotopic (exact) mass is 729 g/mol. The zero-order chi connectivity index (χ0) is 38.0. The fourth-order valence-electron chi connectivity index (χ4n) is 10.7. The van der Waals surface area contributed by atoms with E-state index >= 15 is 0 Å². The minimum Gasteiger partial charge on any atom is -0.396 e. The van der Waals surface area contributed by atoms with E-state index in [1.807, 2.05) is 26.1 Å². The van der Waals surface area contributed by atoms with Crippen LogP contribution in [0.1, 0.15) is 102 Å². The van der Waals surface area contributed by atoms with Gasteiger partial charge in [-0.2, -0.15) is 0 Å². The van der Waals surface area contributed by atoms with E-state index in [2.05, 4.69) is 60.6 Å². The van der Waals surface area contributed by atoms with Gasteiger partial charge in [0.1, 0.15) is 6.29 Å². The molecule has 0 aromatic heterocycles. The Labute approximate surface area is 319 Å². The normalized spacial score (nSPS) is 32.8. The van der Waals surface area contributed by atoms with Crippen LogP contribution >= 0.6 is 0 Å². The van der Waals surface area contributed by atoms with E-state index < -0.39 is 17.1 Å². The molecule has 1 aromatic carbocycles. The van der Waals surface area contributed by atoms with Crippen molar-refractivity contribution in [2.45, 2.75) is 121 Å². The first-order valence-corrected chi connectivity index (χ1v) is 20.5. The van der Waals surface area contributed by atoms with Gasteiger partial charge in [0.2, 0.25) is 0 Å². The van der Waals surface area contributed by atoms with Gasteiger partial charge in [0.05, 0.1) is 18.3 Å². The predicted molar refractivity (Wildman–Crippen MR) is 215 cm³/mol. The van der Waals surface area contributed by atoms with E-state index in [1.54, 1.807) is 0 Å². The van der Waals surface area contributed by atoms with Gasteiger partial charge in [0.25, 0.3) is 0 Å². The Morgan fingerprint density at radius 3 is 2.57 bits per heavy atom. The molecule has 6 N–H and O–H groups in total. The molecule has 1 unspecified atom stereocenters. The van der Waals surface area contributed by atoms with Gasteiger partial charge in [-0.3, -0.25) is 4.79 Å². The number of carbonyl (C=O) groups is 1. The number of nitrogens with one attached hydrogen (secondary N) is 2. The lowest BCUT2D eigenvalue weighted by Crippen LogP contribution is -2.61. The van der Waals surface area contributed by atoms with Crippen LogP contribution in [-0.2, 0) is 17.6 Å². The maximum absolute atomic E-state index is 12.5. The highest BCUT2D eigenvalue weighted by molar-refractivity contribution is 5.74. The smallest absolute Gasteiger partial charge is 0.145 e. The van der Waals surface area contributed by atoms with E-state index in [-0.39, 0.29) is 31.0 Å². The standard InChI is InChI=1S/C46H68N2O5/c1-32-17-18-38(27-35-11-8-12-36(26-35)28-43(48-29-32)37-13-5-6-14-37)33(2)10-7-15-39(31-51)41-20-22-46(44(41)52)42(16-9-25-49)40(34(3)30-50)19-21-45(46,53)23-24-47-4/h7-8,10-12,15,17,26,30,37-38,41-44,47-49,51-53H,2,5-6,9,13-14,16,18-25,27-29,31H2,1,3-4H3/t38-,41-,42+,43?,44-,45+,46-/m1/s1. The summed E-state index contributed by atoms with van der Waals surface area (Å²) in [6.07, 6.45) is 20.3. The summed E-state index contributed by atoms with van der Waals surface area (Å²) < 4.78 is 0. The van der Waals surface area contributed by atoms with Gasteiger partial charge >= 0.3 is 0 Å². The van der Waals surface area contributed by atoms with Crippen molar-refractivity contribution in [2.24, 2.45) is 29.1 Å². The molecule has 292 valence electrons. The van der Waals surface area contributed by atoms with Crippen LogP contribution in [0.5, 0.6) is 0 Å². The molecule has 0 saturated heterocycles. The molecule has 4 aliphatic rings. The summed E-state index contributed by atoms with van der Waals surface area (Å²) in [4.78, 5) is 12.1. The molecule has 5 rings (SSSR count). The average molecular weight is 729 g/mol. The van der Waals surface area contributed by atoms with Crippen LogP contribution in [0.2, 0.25) is 0 Å². The van der Waals surface area contributed by atoms with Crippen molar-refractivity contribution in [1.29, 1.82) is 0 Å². The Bertz CT molecular complexity index is 1520. The number of benzene rings is 1. The largest absolute Gasteiger partial charge is 0.396 e. The summed E-state index contributed by atoms with van der Waals surface area (Å²) in [5.74, 6) is 0.379. The van der Waals surface area contributed by atoms with E-state index in [0.717, 1.165) is 54.7 Å². The molecule has 7 atom stereocenters. The third kappa shape index (κ3) is 9.42. The van der Waals surface area contributed by atoms with Gasteiger partial charge in [0, 0.05) is 30.5 Å². The second-order valence-corrected chi connectivity index (χ2v) is 16.8. The quantitative estimate of drug-likeness (QED) is 0.0578. The summed E-state index contributed by atoms with van der Waals surface area (Å²) in [6, 6.07) is 9.62. The van der Waals surface area contributed by atoms with Crippen molar-refractivity contribution in [3.8, 4) is 0 Å². The number of rotatable bonds is 13. The van der Waals surface area contributed by atoms with E-state index in [9.17, 15) is 25.2 Å². The molecule has 1 spiro atoms. The topological polar surface area (TPSA) is 122 Å². The van der Waals surface area contributed by atoms with E-state index in [0.29, 0.717) is 63.1 Å². The first kappa shape index (κ1) is 41.5. The Morgan fingerprint density at radius 2 is 1.87 bits per heavy atom. The van der Waals surface area contributed by atoms with E-state index in [4.69, 9.17) is 0 Å². The number of aliphatic hydroxyl groups is 4. The third-order valence-corrected chi connectivity index (χ3v) is 13.7. The van der Waals surface area contributed by atoms with Crippen LogP contribution in [0.15, 0.2) is 83.0 Å². The van der Waals surface area contributed by atoms with Crippen molar-refractivity contribution in [3.63, 3.8) is 0 Å². The minimum atomic E-state index is -1.16. The molecule has 3 fully saturated rings. The minimum absolute atomic E-state index is 0.00447. The summed E-state index contributed by atoms with van der Waals surface area (Å²) in [7, 11) is 1.87. The zero-order valence-electron chi connectivity index (χ0n) is 32.8. The summed E-state index contributed by atoms with van der Waals surface area (Å²) in [5.41, 5.74) is 5.45. The van der Waals surface area contributed by atoms with Crippen molar-refractivity contribution in [1.82, 2.24) is 10.6 Å². The molecule has 7 heteroatoms. The highest BCUT2D eigenvalue weighted by Crippen LogP contribution is 2.63. The Morgan fingerprint density at radius 1 is 1.11 bits per heavy atom. The highest BCUT2D eigenvalue weighted by atomic mass is 16.3. The predicted octanol–water partition coefficient (Wildman–Crippen LogP) is 6.71. The van der Waals surface area contributed by atoms with Crippen LogP contribution in [0, 0.1) is 29.1 Å². The maximum Gasteiger partial charge on any atom is 0.145 e. The number of hydrogen-bond acceptors (Lipinski definition) is 7. The van der Waals surface area contributed by atoms with Crippen molar-refractivity contribution in [3.05, 3.63) is 94.1 Å². The average Bonchev–Trinajstić information content (AvgIpc) is 3.82. The molecule has 1 heterocycles. The van der Waals surface area contributed by atoms with Crippen molar-refractivity contribution >= 4 is 6.29 Å². The molecular weight excluding hydrogens is 661 g/mol. The number of fused-ring (bicyclic) bond motifs is 2. The number of aldehydes is 1. The number of hydrogen-bond donors (Lipinski definition) is 6. The van der Waals surface area contributed by atoms with Gasteiger partial charge in [0.15, 0.2) is 0 Å². The molecule has 7 nitrogen and oxygen atoms in total. The van der Waals surface area contributed by atoms with Crippen molar-refractivity contribution < 1.29 is 25.2 Å². The van der Waals surface area contributed by atoms with Gasteiger partial charge in [-0.1, -0.05) is 84.7 Å². The molecular formula is C46H68N2O5. The first-order chi connectivity index (χ1) is 25.6. The second kappa shape index (κ2) is 19.3. The fraction of sp³-hybridized carbons (Fsp3) is 0.630. The number of aliphatic hydroxyl groups excluding tert-OH is 3. The summed E-state index contributed by atoms with van der Waals surface area (Å²) in [6.45, 7) is 9.90. The van der Waals surface area contributed by atoms with Gasteiger partial charge in [-0.05, 0) is 145 Å². The lowest BCUT2D eigenvalue weighted by molar-refractivity contribution is -0.180. The van der Waals surface area contributed by atoms with Crippen LogP contribution in [0.4, 0.5) is 0 Å². The molecule has 3 saturated carbocycles. The number of carbonyl (C=O) groups excluding carboxylic acids is 1. The Hall–Kier alpha value is -2.65. The van der Waals surface area contributed by atoms with Gasteiger partial charge in [-0.25, -0.2) is 0 Å². The van der Waals surface area contributed by atoms with Gasteiger partial charge in [-0.15, -0.1) is 0 Å². The third-order valence-electron chi connectivity index (χ3n) is 13.7. The highest BCUT2D eigenvalue weighted by Gasteiger charge is 2.65. The Kier molecular flexibility index (Phi) is 15.1. The molecule has 53 heavy (non-hydrogen) atoms. The van der Waals surface area contributed by atoms with Crippen LogP contribution < -0.4 is 10.6 Å². The SMILES string of the molecule is C=C(C=CC=C(CO)[C@H]1CC[C@]2([C@@H]1O)[C@@H](CCCO)C(=C(C)C=O)CC[C@]2(O)CCNC)[C@@H]1CC=C(C)CNC(C2CCCC2)Cc2cccc(c2)C1. The Balaban J connectivity index is 1.38. The molecule has 1 aliphatic heterocycles. The molecule has 2 bridgehead atoms. The van der Waals surface area contributed by atoms with Crippen molar-refractivity contribution in [2.75, 3.05) is 33.4 Å². The second-order valence-electron chi connectivity index (χ2n) is 16.8. The summed E-state index contributed by atoms with van der Waals surface area (Å²) >= 11 is 0. The first-order valence-electron chi connectivity index (χ1n) is 20.5. The molecule has 1 aromatic rings. The van der Waals surface area contributed by atoms with Crippen LogP contribution in [0.3, 0.4) is 0 Å². The van der Waals surface area contributed by atoms with E-state index in [1.165, 1.54) is 42.4 Å².